The summed E-state index contributed by atoms with van der Waals surface area (Å²) in [6, 6.07) is 44.1. The molecule has 0 spiro atoms. The lowest BCUT2D eigenvalue weighted by Gasteiger charge is -2.11. The van der Waals surface area contributed by atoms with E-state index in [9.17, 15) is 0 Å². The molecule has 1 nitrogen and oxygen atoms in total. The first-order chi connectivity index (χ1) is 17.4. The van der Waals surface area contributed by atoms with Gasteiger partial charge in [0.25, 0.3) is 0 Å². The van der Waals surface area contributed by atoms with Crippen LogP contribution < -0.4 is 0 Å². The standard InChI is InChI=1S/C34H21N/c1-2-8-21(9-3-1)22-16-19-32-31(20-22)30-15-7-14-29(34(30)35-32)25-17-18-28-24-11-5-4-10-23(24)26-12-6-13-27(25)33(26)28/h1-20,35H. The smallest absolute Gasteiger partial charge is 0.0544 e. The van der Waals surface area contributed by atoms with Gasteiger partial charge in [0.2, 0.25) is 0 Å². The van der Waals surface area contributed by atoms with Crippen molar-refractivity contribution in [3.8, 4) is 44.5 Å². The molecule has 162 valence electrons. The second-order valence-corrected chi connectivity index (χ2v) is 9.41. The van der Waals surface area contributed by atoms with Crippen LogP contribution in [0.3, 0.4) is 0 Å². The largest absolute Gasteiger partial charge is 0.354 e. The average molecular weight is 444 g/mol. The predicted molar refractivity (Wildman–Crippen MR) is 149 cm³/mol. The second-order valence-electron chi connectivity index (χ2n) is 9.41. The minimum absolute atomic E-state index is 1.17. The van der Waals surface area contributed by atoms with E-state index in [1.807, 2.05) is 0 Å². The maximum Gasteiger partial charge on any atom is 0.0544 e. The van der Waals surface area contributed by atoms with Crippen LogP contribution in [-0.4, -0.2) is 4.98 Å². The molecule has 0 bridgehead atoms. The number of aromatic amines is 1. The van der Waals surface area contributed by atoms with Gasteiger partial charge in [0.15, 0.2) is 0 Å². The lowest BCUT2D eigenvalue weighted by Crippen LogP contribution is -1.85. The number of hydrogen-bond donors (Lipinski definition) is 1. The van der Waals surface area contributed by atoms with E-state index >= 15 is 0 Å². The van der Waals surface area contributed by atoms with Crippen LogP contribution in [0.4, 0.5) is 0 Å². The molecule has 1 heteroatoms. The molecule has 0 atom stereocenters. The van der Waals surface area contributed by atoms with E-state index in [-0.39, 0.29) is 0 Å². The quantitative estimate of drug-likeness (QED) is 0.274. The third kappa shape index (κ3) is 2.58. The first kappa shape index (κ1) is 18.8. The monoisotopic (exact) mass is 443 g/mol. The summed E-state index contributed by atoms with van der Waals surface area (Å²) in [7, 11) is 0. The lowest BCUT2D eigenvalue weighted by molar-refractivity contribution is 1.54. The van der Waals surface area contributed by atoms with Gasteiger partial charge >= 0.3 is 0 Å². The van der Waals surface area contributed by atoms with Gasteiger partial charge in [-0.2, -0.15) is 0 Å². The van der Waals surface area contributed by atoms with Crippen LogP contribution in [0.5, 0.6) is 0 Å². The van der Waals surface area contributed by atoms with Gasteiger partial charge in [-0.1, -0.05) is 109 Å². The lowest BCUT2D eigenvalue weighted by atomic mass is 9.93. The van der Waals surface area contributed by atoms with Crippen molar-refractivity contribution in [2.45, 2.75) is 0 Å². The Balaban J connectivity index is 1.39. The van der Waals surface area contributed by atoms with Crippen LogP contribution in [-0.2, 0) is 0 Å². The van der Waals surface area contributed by atoms with E-state index in [1.165, 1.54) is 77.1 Å². The van der Waals surface area contributed by atoms with E-state index in [0.29, 0.717) is 0 Å². The molecule has 0 saturated carbocycles. The zero-order valence-electron chi connectivity index (χ0n) is 19.0. The molecule has 1 aliphatic rings. The van der Waals surface area contributed by atoms with Crippen molar-refractivity contribution in [3.63, 3.8) is 0 Å². The molecule has 8 rings (SSSR count). The molecular formula is C34H21N. The number of benzene rings is 6. The molecular weight excluding hydrogens is 422 g/mol. The van der Waals surface area contributed by atoms with Gasteiger partial charge in [-0.15, -0.1) is 0 Å². The first-order valence-corrected chi connectivity index (χ1v) is 12.1. The molecule has 1 aromatic heterocycles. The third-order valence-electron chi connectivity index (χ3n) is 7.58. The summed E-state index contributed by atoms with van der Waals surface area (Å²) >= 11 is 0. The van der Waals surface area contributed by atoms with Crippen molar-refractivity contribution in [3.05, 3.63) is 121 Å². The summed E-state index contributed by atoms with van der Waals surface area (Å²) in [5.41, 5.74) is 12.7. The van der Waals surface area contributed by atoms with Crippen molar-refractivity contribution < 1.29 is 0 Å². The third-order valence-corrected chi connectivity index (χ3v) is 7.58. The van der Waals surface area contributed by atoms with Crippen LogP contribution in [0.15, 0.2) is 121 Å². The first-order valence-electron chi connectivity index (χ1n) is 12.1. The van der Waals surface area contributed by atoms with Crippen LogP contribution in [0.1, 0.15) is 0 Å². The van der Waals surface area contributed by atoms with E-state index in [4.69, 9.17) is 0 Å². The molecule has 0 fully saturated rings. The number of hydrogen-bond acceptors (Lipinski definition) is 0. The Morgan fingerprint density at radius 3 is 1.86 bits per heavy atom. The highest BCUT2D eigenvalue weighted by Gasteiger charge is 2.22. The van der Waals surface area contributed by atoms with Gasteiger partial charge < -0.3 is 4.98 Å². The SMILES string of the molecule is c1ccc(-c2ccc3[nH]c4c(-c5ccc6c7c(cccc57)-c5ccccc5-6)cccc4c3c2)cc1. The minimum atomic E-state index is 1.17. The second kappa shape index (κ2) is 6.94. The van der Waals surface area contributed by atoms with Gasteiger partial charge in [0, 0.05) is 21.9 Å². The molecule has 0 saturated heterocycles. The Labute approximate surface area is 203 Å². The van der Waals surface area contributed by atoms with Gasteiger partial charge in [-0.05, 0) is 61.8 Å². The van der Waals surface area contributed by atoms with Crippen LogP contribution in [0.2, 0.25) is 0 Å². The Morgan fingerprint density at radius 1 is 0.371 bits per heavy atom. The number of rotatable bonds is 2. The van der Waals surface area contributed by atoms with E-state index in [1.54, 1.807) is 0 Å². The maximum absolute atomic E-state index is 3.75. The average Bonchev–Trinajstić information content (AvgIpc) is 3.46. The van der Waals surface area contributed by atoms with Gasteiger partial charge in [-0.25, -0.2) is 0 Å². The number of H-pyrrole nitrogens is 1. The normalized spacial score (nSPS) is 12.0. The zero-order valence-corrected chi connectivity index (χ0v) is 19.0. The molecule has 0 radical (unpaired) electrons. The number of fused-ring (bicyclic) bond motifs is 6. The molecule has 1 aliphatic carbocycles. The predicted octanol–water partition coefficient (Wildman–Crippen LogP) is 9.46. The van der Waals surface area contributed by atoms with E-state index in [2.05, 4.69) is 126 Å². The number of para-hydroxylation sites is 1. The molecule has 1 heterocycles. The van der Waals surface area contributed by atoms with Crippen molar-refractivity contribution >= 4 is 32.6 Å². The Morgan fingerprint density at radius 2 is 1.03 bits per heavy atom. The number of aromatic nitrogens is 1. The van der Waals surface area contributed by atoms with Gasteiger partial charge in [-0.3, -0.25) is 0 Å². The fourth-order valence-electron chi connectivity index (χ4n) is 6.00. The van der Waals surface area contributed by atoms with Gasteiger partial charge in [0.1, 0.15) is 0 Å². The van der Waals surface area contributed by atoms with Crippen LogP contribution in [0, 0.1) is 0 Å². The Hall–Kier alpha value is -4.62. The van der Waals surface area contributed by atoms with Crippen LogP contribution in [0.25, 0.3) is 77.1 Å². The summed E-state index contributed by atoms with van der Waals surface area (Å²) in [5, 5.41) is 5.21. The molecule has 0 aliphatic heterocycles. The van der Waals surface area contributed by atoms with E-state index in [0.717, 1.165) is 0 Å². The molecule has 35 heavy (non-hydrogen) atoms. The van der Waals surface area contributed by atoms with Crippen LogP contribution >= 0.6 is 0 Å². The van der Waals surface area contributed by atoms with Crippen molar-refractivity contribution in [2.75, 3.05) is 0 Å². The fraction of sp³-hybridized carbons (Fsp3) is 0. The fourth-order valence-corrected chi connectivity index (χ4v) is 6.00. The highest BCUT2D eigenvalue weighted by molar-refractivity contribution is 6.21. The molecule has 7 aromatic rings. The highest BCUT2D eigenvalue weighted by Crippen LogP contribution is 2.49. The molecule has 0 unspecified atom stereocenters. The van der Waals surface area contributed by atoms with Gasteiger partial charge in [0.05, 0.1) is 5.52 Å². The van der Waals surface area contributed by atoms with E-state index < -0.39 is 0 Å². The summed E-state index contributed by atoms with van der Waals surface area (Å²) < 4.78 is 0. The maximum atomic E-state index is 3.75. The van der Waals surface area contributed by atoms with Crippen molar-refractivity contribution in [2.24, 2.45) is 0 Å². The summed E-state index contributed by atoms with van der Waals surface area (Å²) in [4.78, 5) is 3.75. The summed E-state index contributed by atoms with van der Waals surface area (Å²) in [5.74, 6) is 0. The number of nitrogens with one attached hydrogen (secondary N) is 1. The highest BCUT2D eigenvalue weighted by atomic mass is 14.7. The Bertz CT molecular complexity index is 1910. The Kier molecular flexibility index (Phi) is 3.72. The summed E-state index contributed by atoms with van der Waals surface area (Å²) in [6.07, 6.45) is 0. The van der Waals surface area contributed by atoms with Crippen molar-refractivity contribution in [1.29, 1.82) is 0 Å². The minimum Gasteiger partial charge on any atom is -0.354 e. The summed E-state index contributed by atoms with van der Waals surface area (Å²) in [6.45, 7) is 0. The van der Waals surface area contributed by atoms with Crippen molar-refractivity contribution in [1.82, 2.24) is 4.98 Å². The molecule has 0 amide bonds. The molecule has 6 aromatic carbocycles. The topological polar surface area (TPSA) is 15.8 Å². The zero-order chi connectivity index (χ0) is 22.9. The molecule has 1 N–H and O–H groups in total.